The van der Waals surface area contributed by atoms with Crippen molar-refractivity contribution < 1.29 is 9.90 Å². The molecule has 0 aliphatic carbocycles. The number of hydrogen-bond donors (Lipinski definition) is 3. The summed E-state index contributed by atoms with van der Waals surface area (Å²) in [5.41, 5.74) is -0.210. The molecule has 0 saturated heterocycles. The van der Waals surface area contributed by atoms with Gasteiger partial charge in [-0.15, -0.1) is 11.3 Å². The molecular weight excluding hydrogens is 264 g/mol. The van der Waals surface area contributed by atoms with Gasteiger partial charge < -0.3 is 15.4 Å². The Morgan fingerprint density at radius 2 is 2.26 bits per heavy atom. The molecule has 2 heterocycles. The second-order valence-electron chi connectivity index (χ2n) is 4.30. The van der Waals surface area contributed by atoms with E-state index in [1.54, 1.807) is 11.4 Å². The van der Waals surface area contributed by atoms with Crippen LogP contribution in [0.3, 0.4) is 0 Å². The molecule has 6 heteroatoms. The molecule has 1 amide bonds. The van der Waals surface area contributed by atoms with E-state index in [-0.39, 0.29) is 11.3 Å². The Morgan fingerprint density at radius 1 is 1.47 bits per heavy atom. The standard InChI is InChI=1S/C13H16N2O3S/c1-2-3-4-6-14-12(17)9-10(16)11-8(5-7-19-11)15-13(9)18/h5,7H,2-4,6H2,1H3,(H,14,17)(H2,15,16,18). The fraction of sp³-hybridized carbons (Fsp3) is 0.385. The Labute approximate surface area is 114 Å². The average Bonchev–Trinajstić information content (AvgIpc) is 2.83. The van der Waals surface area contributed by atoms with E-state index in [4.69, 9.17) is 0 Å². The summed E-state index contributed by atoms with van der Waals surface area (Å²) in [5, 5.41) is 14.4. The molecular formula is C13H16N2O3S. The summed E-state index contributed by atoms with van der Waals surface area (Å²) < 4.78 is 0.526. The Bertz CT molecular complexity index is 645. The van der Waals surface area contributed by atoms with Crippen LogP contribution in [-0.4, -0.2) is 22.5 Å². The van der Waals surface area contributed by atoms with Gasteiger partial charge in [0.2, 0.25) is 0 Å². The first-order chi connectivity index (χ1) is 9.15. The number of unbranched alkanes of at least 4 members (excludes halogenated alkanes) is 2. The second-order valence-corrected chi connectivity index (χ2v) is 5.22. The third-order valence-electron chi connectivity index (χ3n) is 2.89. The number of aromatic hydroxyl groups is 1. The van der Waals surface area contributed by atoms with Crippen molar-refractivity contribution in [2.24, 2.45) is 0 Å². The predicted octanol–water partition coefficient (Wildman–Crippen LogP) is 2.22. The maximum atomic E-state index is 11.9. The maximum absolute atomic E-state index is 11.9. The molecule has 5 nitrogen and oxygen atoms in total. The van der Waals surface area contributed by atoms with Crippen molar-refractivity contribution in [3.8, 4) is 5.75 Å². The Kier molecular flexibility index (Phi) is 4.21. The number of thiophene rings is 1. The summed E-state index contributed by atoms with van der Waals surface area (Å²) in [7, 11) is 0. The lowest BCUT2D eigenvalue weighted by atomic mass is 10.2. The van der Waals surface area contributed by atoms with Crippen LogP contribution in [0.4, 0.5) is 0 Å². The monoisotopic (exact) mass is 280 g/mol. The zero-order chi connectivity index (χ0) is 13.8. The summed E-state index contributed by atoms with van der Waals surface area (Å²) in [4.78, 5) is 26.3. The lowest BCUT2D eigenvalue weighted by Crippen LogP contribution is -2.30. The smallest absolute Gasteiger partial charge is 0.265 e. The third-order valence-corrected chi connectivity index (χ3v) is 3.81. The van der Waals surface area contributed by atoms with Crippen LogP contribution in [0.1, 0.15) is 36.5 Å². The minimum Gasteiger partial charge on any atom is -0.505 e. The van der Waals surface area contributed by atoms with Gasteiger partial charge in [-0.3, -0.25) is 9.59 Å². The van der Waals surface area contributed by atoms with E-state index in [2.05, 4.69) is 17.2 Å². The molecule has 0 aromatic carbocycles. The highest BCUT2D eigenvalue weighted by molar-refractivity contribution is 7.17. The summed E-state index contributed by atoms with van der Waals surface area (Å²) in [6, 6.07) is 1.70. The van der Waals surface area contributed by atoms with Crippen LogP contribution >= 0.6 is 11.3 Å². The third kappa shape index (κ3) is 2.78. The van der Waals surface area contributed by atoms with Gasteiger partial charge in [-0.2, -0.15) is 0 Å². The summed E-state index contributed by atoms with van der Waals surface area (Å²) in [6.07, 6.45) is 2.94. The zero-order valence-corrected chi connectivity index (χ0v) is 11.5. The topological polar surface area (TPSA) is 82.2 Å². The average molecular weight is 280 g/mol. The molecule has 0 unspecified atom stereocenters. The number of rotatable bonds is 5. The van der Waals surface area contributed by atoms with E-state index in [0.29, 0.717) is 16.8 Å². The molecule has 0 fully saturated rings. The number of carbonyl (C=O) groups is 1. The first-order valence-electron chi connectivity index (χ1n) is 6.25. The highest BCUT2D eigenvalue weighted by Gasteiger charge is 2.19. The number of pyridine rings is 1. The number of H-pyrrole nitrogens is 1. The van der Waals surface area contributed by atoms with Crippen molar-refractivity contribution in [3.63, 3.8) is 0 Å². The van der Waals surface area contributed by atoms with Crippen LogP contribution in [0, 0.1) is 0 Å². The van der Waals surface area contributed by atoms with E-state index in [1.807, 2.05) is 0 Å². The van der Waals surface area contributed by atoms with Gasteiger partial charge >= 0.3 is 0 Å². The molecule has 19 heavy (non-hydrogen) atoms. The predicted molar refractivity (Wildman–Crippen MR) is 76.0 cm³/mol. The fourth-order valence-corrected chi connectivity index (χ4v) is 2.67. The molecule has 2 aromatic rings. The van der Waals surface area contributed by atoms with Crippen LogP contribution in [0.25, 0.3) is 10.2 Å². The van der Waals surface area contributed by atoms with Crippen molar-refractivity contribution >= 4 is 27.5 Å². The molecule has 102 valence electrons. The van der Waals surface area contributed by atoms with Crippen molar-refractivity contribution in [3.05, 3.63) is 27.4 Å². The van der Waals surface area contributed by atoms with Gasteiger partial charge in [0.05, 0.1) is 10.2 Å². The van der Waals surface area contributed by atoms with Gasteiger partial charge in [0.15, 0.2) is 5.75 Å². The minimum absolute atomic E-state index is 0.202. The van der Waals surface area contributed by atoms with Crippen molar-refractivity contribution in [1.82, 2.24) is 10.3 Å². The first kappa shape index (κ1) is 13.6. The van der Waals surface area contributed by atoms with E-state index in [0.717, 1.165) is 19.3 Å². The normalized spacial score (nSPS) is 10.8. The lowest BCUT2D eigenvalue weighted by Gasteiger charge is -2.06. The molecule has 0 atom stereocenters. The second kappa shape index (κ2) is 5.88. The molecule has 0 saturated carbocycles. The number of hydrogen-bond acceptors (Lipinski definition) is 4. The van der Waals surface area contributed by atoms with Gasteiger partial charge in [-0.05, 0) is 17.9 Å². The van der Waals surface area contributed by atoms with E-state index in [9.17, 15) is 14.7 Å². The van der Waals surface area contributed by atoms with Gasteiger partial charge in [-0.25, -0.2) is 0 Å². The van der Waals surface area contributed by atoms with E-state index >= 15 is 0 Å². The Balaban J connectivity index is 2.24. The molecule has 0 aliphatic heterocycles. The van der Waals surface area contributed by atoms with Crippen LogP contribution in [0.15, 0.2) is 16.2 Å². The first-order valence-corrected chi connectivity index (χ1v) is 7.13. The largest absolute Gasteiger partial charge is 0.505 e. The number of fused-ring (bicyclic) bond motifs is 1. The van der Waals surface area contributed by atoms with Crippen LogP contribution in [-0.2, 0) is 0 Å². The van der Waals surface area contributed by atoms with Crippen molar-refractivity contribution in [2.45, 2.75) is 26.2 Å². The molecule has 0 aliphatic rings. The van der Waals surface area contributed by atoms with Crippen LogP contribution in [0.5, 0.6) is 5.75 Å². The Morgan fingerprint density at radius 3 is 3.00 bits per heavy atom. The SMILES string of the molecule is CCCCCNC(=O)c1c(O)c2sccc2[nH]c1=O. The summed E-state index contributed by atoms with van der Waals surface area (Å²) in [6.45, 7) is 2.58. The van der Waals surface area contributed by atoms with Gasteiger partial charge in [0.25, 0.3) is 11.5 Å². The molecule has 0 radical (unpaired) electrons. The van der Waals surface area contributed by atoms with Crippen LogP contribution in [0.2, 0.25) is 0 Å². The summed E-state index contributed by atoms with van der Waals surface area (Å²) in [5.74, 6) is -0.758. The molecule has 0 bridgehead atoms. The maximum Gasteiger partial charge on any atom is 0.265 e. The number of aromatic amines is 1. The number of aromatic nitrogens is 1. The van der Waals surface area contributed by atoms with E-state index in [1.165, 1.54) is 11.3 Å². The Hall–Kier alpha value is -1.82. The van der Waals surface area contributed by atoms with Crippen molar-refractivity contribution in [2.75, 3.05) is 6.54 Å². The minimum atomic E-state index is -0.559. The van der Waals surface area contributed by atoms with Gasteiger partial charge in [0, 0.05) is 6.54 Å². The number of amides is 1. The molecule has 2 rings (SSSR count). The highest BCUT2D eigenvalue weighted by Crippen LogP contribution is 2.29. The quantitative estimate of drug-likeness (QED) is 0.734. The lowest BCUT2D eigenvalue weighted by molar-refractivity contribution is 0.0949. The van der Waals surface area contributed by atoms with Crippen molar-refractivity contribution in [1.29, 1.82) is 0 Å². The summed E-state index contributed by atoms with van der Waals surface area (Å²) >= 11 is 1.29. The number of nitrogens with one attached hydrogen (secondary N) is 2. The highest BCUT2D eigenvalue weighted by atomic mass is 32.1. The van der Waals surface area contributed by atoms with Gasteiger partial charge in [0.1, 0.15) is 5.56 Å². The number of carbonyl (C=O) groups excluding carboxylic acids is 1. The van der Waals surface area contributed by atoms with E-state index < -0.39 is 11.5 Å². The zero-order valence-electron chi connectivity index (χ0n) is 10.7. The van der Waals surface area contributed by atoms with Crippen LogP contribution < -0.4 is 10.9 Å². The fourth-order valence-electron chi connectivity index (χ4n) is 1.87. The van der Waals surface area contributed by atoms with Gasteiger partial charge in [-0.1, -0.05) is 19.8 Å². The molecule has 2 aromatic heterocycles. The molecule has 0 spiro atoms. The molecule has 3 N–H and O–H groups in total.